The van der Waals surface area contributed by atoms with Gasteiger partial charge in [0.05, 0.1) is 10.6 Å². The van der Waals surface area contributed by atoms with Gasteiger partial charge in [0.15, 0.2) is 0 Å². The fraction of sp³-hybridized carbons (Fsp3) is 0.381. The maximum atomic E-state index is 12.9. The number of sulfonamides is 1. The van der Waals surface area contributed by atoms with Gasteiger partial charge < -0.3 is 5.32 Å². The van der Waals surface area contributed by atoms with Crippen molar-refractivity contribution in [3.05, 3.63) is 60.2 Å². The van der Waals surface area contributed by atoms with Crippen molar-refractivity contribution >= 4 is 33.4 Å². The van der Waals surface area contributed by atoms with Crippen LogP contribution in [0.4, 0.5) is 5.69 Å². The van der Waals surface area contributed by atoms with Gasteiger partial charge in [0, 0.05) is 18.8 Å². The zero-order chi connectivity index (χ0) is 20.0. The molecule has 7 heteroatoms. The van der Waals surface area contributed by atoms with Gasteiger partial charge in [-0.15, -0.1) is 0 Å². The third kappa shape index (κ3) is 5.37. The molecule has 28 heavy (non-hydrogen) atoms. The molecule has 0 radical (unpaired) electrons. The first-order valence-electron chi connectivity index (χ1n) is 9.42. The Labute approximate surface area is 171 Å². The number of hydrogen-bond acceptors (Lipinski definition) is 4. The van der Waals surface area contributed by atoms with E-state index >= 15 is 0 Å². The lowest BCUT2D eigenvalue weighted by molar-refractivity contribution is -0.113. The minimum atomic E-state index is -3.50. The molecule has 0 aromatic heterocycles. The summed E-state index contributed by atoms with van der Waals surface area (Å²) in [4.78, 5) is 11.9. The molecule has 1 N–H and O–H groups in total. The molecule has 2 aromatic carbocycles. The Hall–Kier alpha value is -1.83. The molecule has 1 aliphatic rings. The van der Waals surface area contributed by atoms with E-state index in [2.05, 4.69) is 17.4 Å². The average Bonchev–Trinajstić information content (AvgIpc) is 2.70. The summed E-state index contributed by atoms with van der Waals surface area (Å²) in [6.07, 6.45) is 4.60. The van der Waals surface area contributed by atoms with Crippen molar-refractivity contribution in [3.8, 4) is 0 Å². The van der Waals surface area contributed by atoms with Crippen molar-refractivity contribution < 1.29 is 13.2 Å². The number of nitrogens with one attached hydrogen (secondary N) is 1. The van der Waals surface area contributed by atoms with Gasteiger partial charge in [-0.1, -0.05) is 30.3 Å². The summed E-state index contributed by atoms with van der Waals surface area (Å²) in [5.41, 5.74) is 1.92. The highest BCUT2D eigenvalue weighted by Gasteiger charge is 2.29. The number of amides is 1. The maximum Gasteiger partial charge on any atom is 0.243 e. The number of hydrogen-bond donors (Lipinski definition) is 1. The Morgan fingerprint density at radius 2 is 1.71 bits per heavy atom. The predicted octanol–water partition coefficient (Wildman–Crippen LogP) is 3.63. The van der Waals surface area contributed by atoms with E-state index in [9.17, 15) is 13.2 Å². The lowest BCUT2D eigenvalue weighted by Gasteiger charge is -2.31. The predicted molar refractivity (Wildman–Crippen MR) is 115 cm³/mol. The van der Waals surface area contributed by atoms with E-state index in [-0.39, 0.29) is 10.8 Å². The van der Waals surface area contributed by atoms with Crippen molar-refractivity contribution in [3.63, 3.8) is 0 Å². The monoisotopic (exact) mass is 418 g/mol. The van der Waals surface area contributed by atoms with Crippen molar-refractivity contribution in [1.29, 1.82) is 0 Å². The number of rotatable bonds is 7. The minimum absolute atomic E-state index is 0.0939. The summed E-state index contributed by atoms with van der Waals surface area (Å²) in [5, 5.41) is 2.76. The second-order valence-electron chi connectivity index (χ2n) is 7.04. The van der Waals surface area contributed by atoms with Crippen LogP contribution in [0.5, 0.6) is 0 Å². The van der Waals surface area contributed by atoms with Crippen LogP contribution in [0.1, 0.15) is 18.4 Å². The van der Waals surface area contributed by atoms with E-state index in [0.717, 1.165) is 19.3 Å². The van der Waals surface area contributed by atoms with Crippen molar-refractivity contribution in [2.45, 2.75) is 24.2 Å². The zero-order valence-electron chi connectivity index (χ0n) is 16.0. The summed E-state index contributed by atoms with van der Waals surface area (Å²) in [5.74, 6) is 0.796. The van der Waals surface area contributed by atoms with Crippen LogP contribution < -0.4 is 5.32 Å². The van der Waals surface area contributed by atoms with Crippen LogP contribution >= 0.6 is 11.8 Å². The van der Waals surface area contributed by atoms with Gasteiger partial charge in [-0.3, -0.25) is 4.79 Å². The van der Waals surface area contributed by atoms with E-state index in [1.54, 1.807) is 28.6 Å². The number of carbonyl (C=O) groups excluding carboxylic acids is 1. The van der Waals surface area contributed by atoms with E-state index in [1.165, 1.54) is 17.3 Å². The number of anilines is 1. The van der Waals surface area contributed by atoms with Gasteiger partial charge in [-0.2, -0.15) is 16.1 Å². The Balaban J connectivity index is 1.58. The van der Waals surface area contributed by atoms with E-state index in [0.29, 0.717) is 30.4 Å². The van der Waals surface area contributed by atoms with Crippen LogP contribution in [0.2, 0.25) is 0 Å². The molecule has 1 amide bonds. The number of benzene rings is 2. The summed E-state index contributed by atoms with van der Waals surface area (Å²) in [6, 6.07) is 16.8. The number of nitrogens with zero attached hydrogens (tertiary/aromatic N) is 1. The van der Waals surface area contributed by atoms with E-state index < -0.39 is 10.0 Å². The van der Waals surface area contributed by atoms with E-state index in [4.69, 9.17) is 0 Å². The summed E-state index contributed by atoms with van der Waals surface area (Å²) >= 11 is 1.44. The Morgan fingerprint density at radius 3 is 2.32 bits per heavy atom. The molecular weight excluding hydrogens is 392 g/mol. The van der Waals surface area contributed by atoms with Gasteiger partial charge in [0.2, 0.25) is 15.9 Å². The molecule has 1 heterocycles. The number of thioether (sulfide) groups is 1. The smallest absolute Gasteiger partial charge is 0.243 e. The molecule has 0 saturated carbocycles. The van der Waals surface area contributed by atoms with Gasteiger partial charge >= 0.3 is 0 Å². The van der Waals surface area contributed by atoms with Crippen LogP contribution in [-0.2, 0) is 21.2 Å². The van der Waals surface area contributed by atoms with Gasteiger partial charge in [-0.05, 0) is 61.3 Å². The molecule has 0 spiro atoms. The van der Waals surface area contributed by atoms with Gasteiger partial charge in [-0.25, -0.2) is 8.42 Å². The molecule has 0 atom stereocenters. The molecule has 1 saturated heterocycles. The first-order chi connectivity index (χ1) is 13.5. The summed E-state index contributed by atoms with van der Waals surface area (Å²) in [7, 11) is -3.50. The maximum absolute atomic E-state index is 12.9. The van der Waals surface area contributed by atoms with Crippen molar-refractivity contribution in [2.75, 3.05) is 30.4 Å². The first-order valence-corrected chi connectivity index (χ1v) is 12.3. The average molecular weight is 419 g/mol. The van der Waals surface area contributed by atoms with Crippen molar-refractivity contribution in [2.24, 2.45) is 5.92 Å². The highest BCUT2D eigenvalue weighted by molar-refractivity contribution is 7.99. The van der Waals surface area contributed by atoms with Crippen LogP contribution in [-0.4, -0.2) is 43.7 Å². The molecule has 1 aliphatic heterocycles. The van der Waals surface area contributed by atoms with E-state index in [1.807, 2.05) is 24.5 Å². The fourth-order valence-electron chi connectivity index (χ4n) is 3.49. The number of carbonyl (C=O) groups is 1. The second kappa shape index (κ2) is 9.58. The van der Waals surface area contributed by atoms with Gasteiger partial charge in [0.1, 0.15) is 0 Å². The molecule has 3 rings (SSSR count). The lowest BCUT2D eigenvalue weighted by Crippen LogP contribution is -2.38. The fourth-order valence-corrected chi connectivity index (χ4v) is 5.29. The third-order valence-electron chi connectivity index (χ3n) is 4.99. The normalized spacial score (nSPS) is 16.0. The summed E-state index contributed by atoms with van der Waals surface area (Å²) < 4.78 is 27.4. The SMILES string of the molecule is CSCC(=O)Nc1ccc(S(=O)(=O)N2CCC(Cc3ccccc3)CC2)cc1. The molecule has 0 aliphatic carbocycles. The molecular formula is C21H26N2O3S2. The molecule has 2 aromatic rings. The lowest BCUT2D eigenvalue weighted by atomic mass is 9.91. The Morgan fingerprint density at radius 1 is 1.07 bits per heavy atom. The molecule has 0 unspecified atom stereocenters. The van der Waals surface area contributed by atoms with Crippen LogP contribution in [0.15, 0.2) is 59.5 Å². The Kier molecular flexibility index (Phi) is 7.15. The Bertz CT molecular complexity index is 876. The second-order valence-corrected chi connectivity index (χ2v) is 9.85. The number of piperidine rings is 1. The standard InChI is InChI=1S/C21H26N2O3S2/c1-27-16-21(24)22-19-7-9-20(10-8-19)28(25,26)23-13-11-18(12-14-23)15-17-5-3-2-4-6-17/h2-10,18H,11-16H2,1H3,(H,22,24). The minimum Gasteiger partial charge on any atom is -0.325 e. The molecule has 0 bridgehead atoms. The highest BCUT2D eigenvalue weighted by Crippen LogP contribution is 2.26. The molecule has 5 nitrogen and oxygen atoms in total. The van der Waals surface area contributed by atoms with Crippen LogP contribution in [0, 0.1) is 5.92 Å². The molecule has 150 valence electrons. The zero-order valence-corrected chi connectivity index (χ0v) is 17.6. The van der Waals surface area contributed by atoms with Crippen LogP contribution in [0.25, 0.3) is 0 Å². The first kappa shape index (κ1) is 20.9. The largest absolute Gasteiger partial charge is 0.325 e. The quantitative estimate of drug-likeness (QED) is 0.746. The molecule has 1 fully saturated rings. The van der Waals surface area contributed by atoms with Crippen LogP contribution in [0.3, 0.4) is 0 Å². The topological polar surface area (TPSA) is 66.5 Å². The third-order valence-corrected chi connectivity index (χ3v) is 7.46. The highest BCUT2D eigenvalue weighted by atomic mass is 32.2. The van der Waals surface area contributed by atoms with Crippen molar-refractivity contribution in [1.82, 2.24) is 4.31 Å². The summed E-state index contributed by atoms with van der Waals surface area (Å²) in [6.45, 7) is 1.10. The van der Waals surface area contributed by atoms with Gasteiger partial charge in [0.25, 0.3) is 0 Å².